The van der Waals surface area contributed by atoms with E-state index in [1.54, 1.807) is 30.7 Å². The van der Waals surface area contributed by atoms with Gasteiger partial charge < -0.3 is 5.32 Å². The molecule has 28 heavy (non-hydrogen) atoms. The van der Waals surface area contributed by atoms with Crippen LogP contribution in [0.4, 0.5) is 14.5 Å². The molecule has 0 spiro atoms. The smallest absolute Gasteiger partial charge is 0.296 e. The molecule has 1 amide bonds. The average molecular weight is 401 g/mol. The van der Waals surface area contributed by atoms with Gasteiger partial charge in [-0.25, -0.2) is 4.68 Å². The summed E-state index contributed by atoms with van der Waals surface area (Å²) in [5.41, 5.74) is 2.06. The fraction of sp³-hybridized carbons (Fsp3) is 0.150. The zero-order chi connectivity index (χ0) is 20.3. The highest BCUT2D eigenvalue weighted by Gasteiger charge is 2.26. The lowest BCUT2D eigenvalue weighted by molar-refractivity contribution is -0.112. The normalized spacial score (nSPS) is 10.9. The largest absolute Gasteiger partial charge is 0.318 e. The Labute approximate surface area is 164 Å². The van der Waals surface area contributed by atoms with Gasteiger partial charge in [-0.15, -0.1) is 0 Å². The number of benzene rings is 2. The van der Waals surface area contributed by atoms with Crippen molar-refractivity contribution >= 4 is 29.1 Å². The van der Waals surface area contributed by atoms with Crippen molar-refractivity contribution in [3.63, 3.8) is 0 Å². The van der Waals surface area contributed by atoms with Gasteiger partial charge in [-0.1, -0.05) is 42.1 Å². The van der Waals surface area contributed by atoms with Crippen LogP contribution in [-0.4, -0.2) is 27.2 Å². The maximum absolute atomic E-state index is 12.7. The minimum Gasteiger partial charge on any atom is -0.318 e. The van der Waals surface area contributed by atoms with Crippen molar-refractivity contribution in [2.24, 2.45) is 0 Å². The number of aryl methyl sites for hydroxylation is 1. The number of hydrogen-bond acceptors (Lipinski definition) is 4. The van der Waals surface area contributed by atoms with Crippen LogP contribution in [0.25, 0.3) is 5.69 Å². The Morgan fingerprint density at radius 2 is 1.68 bits per heavy atom. The lowest BCUT2D eigenvalue weighted by atomic mass is 10.1. The van der Waals surface area contributed by atoms with E-state index in [1.807, 2.05) is 30.3 Å². The summed E-state index contributed by atoms with van der Waals surface area (Å²) in [5, 5.41) is 6.80. The van der Waals surface area contributed by atoms with Gasteiger partial charge in [0.25, 0.3) is 17.4 Å². The average Bonchev–Trinajstić information content (AvgIpc) is 2.97. The van der Waals surface area contributed by atoms with Crippen molar-refractivity contribution < 1.29 is 18.4 Å². The predicted octanol–water partition coefficient (Wildman–Crippen LogP) is 4.63. The van der Waals surface area contributed by atoms with E-state index in [1.165, 1.54) is 12.1 Å². The molecule has 3 rings (SSSR count). The summed E-state index contributed by atoms with van der Waals surface area (Å²) in [6.45, 7) is 3.35. The summed E-state index contributed by atoms with van der Waals surface area (Å²) < 4.78 is 27.0. The highest BCUT2D eigenvalue weighted by molar-refractivity contribution is 7.99. The van der Waals surface area contributed by atoms with Gasteiger partial charge in [-0.05, 0) is 38.1 Å². The highest BCUT2D eigenvalue weighted by Crippen LogP contribution is 2.31. The Balaban J connectivity index is 1.87. The van der Waals surface area contributed by atoms with Gasteiger partial charge in [0.05, 0.1) is 28.3 Å². The lowest BCUT2D eigenvalue weighted by Crippen LogP contribution is -2.24. The van der Waals surface area contributed by atoms with E-state index in [-0.39, 0.29) is 16.1 Å². The van der Waals surface area contributed by atoms with Gasteiger partial charge in [0, 0.05) is 4.90 Å². The number of hydrogen-bond donors (Lipinski definition) is 1. The van der Waals surface area contributed by atoms with Crippen molar-refractivity contribution in [1.29, 1.82) is 0 Å². The molecular weight excluding hydrogens is 384 g/mol. The standard InChI is InChI=1S/C20H17F2N3O2S/c1-12-17(13(2)25(24-12)14-8-4-3-5-9-14)18(26)19(27)23-15-10-6-7-11-16(15)28-20(21)22/h3-11,20H,1-2H3,(H,23,27). The number of aromatic nitrogens is 2. The number of nitrogens with one attached hydrogen (secondary N) is 1. The zero-order valence-electron chi connectivity index (χ0n) is 15.1. The minimum absolute atomic E-state index is 0.164. The Bertz CT molecular complexity index is 1020. The Hall–Kier alpha value is -3.00. The van der Waals surface area contributed by atoms with E-state index < -0.39 is 17.4 Å². The Morgan fingerprint density at radius 1 is 1.04 bits per heavy atom. The maximum Gasteiger partial charge on any atom is 0.296 e. The molecule has 2 aromatic carbocycles. The van der Waals surface area contributed by atoms with E-state index in [4.69, 9.17) is 0 Å². The summed E-state index contributed by atoms with van der Waals surface area (Å²) in [6.07, 6.45) is 0. The number of halogens is 2. The molecule has 8 heteroatoms. The number of para-hydroxylation sites is 2. The first-order valence-electron chi connectivity index (χ1n) is 8.39. The number of thioether (sulfide) groups is 1. The van der Waals surface area contributed by atoms with Crippen LogP contribution < -0.4 is 5.32 Å². The van der Waals surface area contributed by atoms with Gasteiger partial charge in [0.15, 0.2) is 0 Å². The van der Waals surface area contributed by atoms with Crippen molar-refractivity contribution in [3.05, 3.63) is 71.5 Å². The zero-order valence-corrected chi connectivity index (χ0v) is 16.0. The van der Waals surface area contributed by atoms with Crippen LogP contribution in [-0.2, 0) is 4.79 Å². The molecule has 0 radical (unpaired) electrons. The molecule has 0 fully saturated rings. The molecule has 0 saturated carbocycles. The van der Waals surface area contributed by atoms with Gasteiger partial charge in [0.2, 0.25) is 0 Å². The van der Waals surface area contributed by atoms with Crippen LogP contribution in [0.5, 0.6) is 0 Å². The third-order valence-corrected chi connectivity index (χ3v) is 4.86. The van der Waals surface area contributed by atoms with Crippen LogP contribution in [0.2, 0.25) is 0 Å². The van der Waals surface area contributed by atoms with Crippen LogP contribution >= 0.6 is 11.8 Å². The first-order valence-corrected chi connectivity index (χ1v) is 9.27. The quantitative estimate of drug-likeness (QED) is 0.372. The topological polar surface area (TPSA) is 64.0 Å². The number of Topliss-reactive ketones (excluding diaryl/α,β-unsaturated/α-hetero) is 1. The number of ketones is 1. The molecule has 0 bridgehead atoms. The SMILES string of the molecule is Cc1nn(-c2ccccc2)c(C)c1C(=O)C(=O)Nc1ccccc1SC(F)F. The van der Waals surface area contributed by atoms with E-state index in [0.29, 0.717) is 23.1 Å². The summed E-state index contributed by atoms with van der Waals surface area (Å²) in [5.74, 6) is -4.31. The van der Waals surface area contributed by atoms with Crippen LogP contribution in [0, 0.1) is 13.8 Å². The van der Waals surface area contributed by atoms with E-state index >= 15 is 0 Å². The first-order chi connectivity index (χ1) is 13.4. The molecule has 1 N–H and O–H groups in total. The summed E-state index contributed by atoms with van der Waals surface area (Å²) in [7, 11) is 0. The first kappa shape index (κ1) is 19.8. The molecule has 0 aliphatic carbocycles. The number of amides is 1. The second-order valence-corrected chi connectivity index (χ2v) is 6.98. The molecule has 0 unspecified atom stereocenters. The summed E-state index contributed by atoms with van der Waals surface area (Å²) in [4.78, 5) is 25.4. The minimum atomic E-state index is -2.64. The third-order valence-electron chi connectivity index (χ3n) is 4.08. The van der Waals surface area contributed by atoms with Crippen LogP contribution in [0.1, 0.15) is 21.7 Å². The molecule has 0 atom stereocenters. The second kappa shape index (κ2) is 8.35. The molecule has 0 aliphatic rings. The van der Waals surface area contributed by atoms with Gasteiger partial charge in [-0.2, -0.15) is 13.9 Å². The van der Waals surface area contributed by atoms with E-state index in [0.717, 1.165) is 5.69 Å². The molecule has 5 nitrogen and oxygen atoms in total. The molecule has 1 heterocycles. The van der Waals surface area contributed by atoms with Crippen LogP contribution in [0.3, 0.4) is 0 Å². The fourth-order valence-corrected chi connectivity index (χ4v) is 3.45. The number of rotatable bonds is 6. The molecule has 1 aromatic heterocycles. The highest BCUT2D eigenvalue weighted by atomic mass is 32.2. The molecule has 144 valence electrons. The number of carbonyl (C=O) groups excluding carboxylic acids is 2. The van der Waals surface area contributed by atoms with Gasteiger partial charge in [-0.3, -0.25) is 9.59 Å². The monoisotopic (exact) mass is 401 g/mol. The van der Waals surface area contributed by atoms with Gasteiger partial charge >= 0.3 is 0 Å². The van der Waals surface area contributed by atoms with Crippen molar-refractivity contribution in [3.8, 4) is 5.69 Å². The van der Waals surface area contributed by atoms with Gasteiger partial charge in [0.1, 0.15) is 0 Å². The number of carbonyl (C=O) groups is 2. The third kappa shape index (κ3) is 4.12. The maximum atomic E-state index is 12.7. The van der Waals surface area contributed by atoms with Crippen LogP contribution in [0.15, 0.2) is 59.5 Å². The number of alkyl halides is 2. The van der Waals surface area contributed by atoms with Crippen molar-refractivity contribution in [2.75, 3.05) is 5.32 Å². The molecule has 3 aromatic rings. The fourth-order valence-electron chi connectivity index (χ4n) is 2.85. The summed E-state index contributed by atoms with van der Waals surface area (Å²) in [6, 6.07) is 15.3. The molecular formula is C20H17F2N3O2S. The number of anilines is 1. The number of nitrogens with zero attached hydrogens (tertiary/aromatic N) is 2. The predicted molar refractivity (Wildman–Crippen MR) is 104 cm³/mol. The molecule has 0 aliphatic heterocycles. The Kier molecular flexibility index (Phi) is 5.89. The Morgan fingerprint density at radius 3 is 2.36 bits per heavy atom. The molecule has 0 saturated heterocycles. The van der Waals surface area contributed by atoms with Crippen molar-refractivity contribution in [1.82, 2.24) is 9.78 Å². The summed E-state index contributed by atoms with van der Waals surface area (Å²) >= 11 is 0.306. The lowest BCUT2D eigenvalue weighted by Gasteiger charge is -2.10. The second-order valence-electron chi connectivity index (χ2n) is 5.95. The van der Waals surface area contributed by atoms with E-state index in [2.05, 4.69) is 10.4 Å². The van der Waals surface area contributed by atoms with Crippen molar-refractivity contribution in [2.45, 2.75) is 24.5 Å². The van der Waals surface area contributed by atoms with E-state index in [9.17, 15) is 18.4 Å².